The van der Waals surface area contributed by atoms with Gasteiger partial charge in [0.1, 0.15) is 0 Å². The Bertz CT molecular complexity index is 565. The quantitative estimate of drug-likeness (QED) is 0.720. The predicted molar refractivity (Wildman–Crippen MR) is 82.3 cm³/mol. The third-order valence-electron chi connectivity index (χ3n) is 2.76. The van der Waals surface area contributed by atoms with Gasteiger partial charge in [0.2, 0.25) is 0 Å². The Hall–Kier alpha value is -0.250. The summed E-state index contributed by atoms with van der Waals surface area (Å²) in [5.41, 5.74) is 0.922. The second-order valence-corrected chi connectivity index (χ2v) is 6.30. The number of hydrogen-bond acceptors (Lipinski definition) is 2. The smallest absolute Gasteiger partial charge is 0.0607 e. The monoisotopic (exact) mass is 319 g/mol. The summed E-state index contributed by atoms with van der Waals surface area (Å²) in [6, 6.07) is 7.97. The molecule has 1 atom stereocenters. The summed E-state index contributed by atoms with van der Waals surface area (Å²) >= 11 is 19.9. The van der Waals surface area contributed by atoms with Gasteiger partial charge in [-0.15, -0.1) is 11.3 Å². The van der Waals surface area contributed by atoms with Crippen molar-refractivity contribution in [2.75, 3.05) is 7.05 Å². The molecule has 5 heteroatoms. The van der Waals surface area contributed by atoms with Gasteiger partial charge in [0.25, 0.3) is 0 Å². The van der Waals surface area contributed by atoms with Gasteiger partial charge >= 0.3 is 0 Å². The van der Waals surface area contributed by atoms with E-state index >= 15 is 0 Å². The molecule has 2 rings (SSSR count). The molecule has 0 aliphatic carbocycles. The molecule has 0 fully saturated rings. The maximum atomic E-state index is 6.21. The molecule has 1 N–H and O–H groups in total. The molecule has 1 nitrogen and oxygen atoms in total. The third kappa shape index (κ3) is 2.84. The van der Waals surface area contributed by atoms with Crippen molar-refractivity contribution >= 4 is 46.1 Å². The number of rotatable bonds is 3. The van der Waals surface area contributed by atoms with Gasteiger partial charge in [0.05, 0.1) is 15.1 Å². The molecule has 0 saturated heterocycles. The number of hydrogen-bond donors (Lipinski definition) is 1. The Morgan fingerprint density at radius 3 is 2.39 bits per heavy atom. The van der Waals surface area contributed by atoms with E-state index in [0.29, 0.717) is 21.1 Å². The highest BCUT2D eigenvalue weighted by molar-refractivity contribution is 7.15. The lowest BCUT2D eigenvalue weighted by molar-refractivity contribution is 0.664. The van der Waals surface area contributed by atoms with Crippen LogP contribution >= 0.6 is 46.1 Å². The SMILES string of the molecule is CNC(C)c1ccc(-c2cc(Cl)c(Cl)cc2Cl)s1. The van der Waals surface area contributed by atoms with Gasteiger partial charge in [-0.25, -0.2) is 0 Å². The van der Waals surface area contributed by atoms with Crippen molar-refractivity contribution in [3.63, 3.8) is 0 Å². The molecular weight excluding hydrogens is 309 g/mol. The van der Waals surface area contributed by atoms with E-state index in [-0.39, 0.29) is 0 Å². The molecule has 0 spiro atoms. The summed E-state index contributed by atoms with van der Waals surface area (Å²) in [7, 11) is 1.94. The van der Waals surface area contributed by atoms with E-state index in [4.69, 9.17) is 34.8 Å². The first-order valence-corrected chi connectivity index (χ1v) is 7.40. The Labute approximate surface area is 126 Å². The van der Waals surface area contributed by atoms with Gasteiger partial charge in [-0.3, -0.25) is 0 Å². The van der Waals surface area contributed by atoms with Crippen LogP contribution in [0.1, 0.15) is 17.8 Å². The molecule has 0 aliphatic heterocycles. The van der Waals surface area contributed by atoms with Crippen LogP contribution in [-0.2, 0) is 0 Å². The molecular formula is C13H12Cl3NS. The molecule has 96 valence electrons. The maximum Gasteiger partial charge on any atom is 0.0607 e. The largest absolute Gasteiger partial charge is 0.313 e. The van der Waals surface area contributed by atoms with Crippen LogP contribution < -0.4 is 5.32 Å². The van der Waals surface area contributed by atoms with Gasteiger partial charge < -0.3 is 5.32 Å². The van der Waals surface area contributed by atoms with Crippen molar-refractivity contribution in [2.45, 2.75) is 13.0 Å². The Balaban J connectivity index is 2.43. The Kier molecular flexibility index (Phi) is 4.57. The molecule has 1 aromatic carbocycles. The van der Waals surface area contributed by atoms with E-state index in [1.54, 1.807) is 17.4 Å². The number of thiophene rings is 1. The average molecular weight is 321 g/mol. The topological polar surface area (TPSA) is 12.0 Å². The molecule has 2 aromatic rings. The summed E-state index contributed by atoms with van der Waals surface area (Å²) in [5, 5.41) is 4.83. The zero-order chi connectivity index (χ0) is 13.3. The Morgan fingerprint density at radius 1 is 1.06 bits per heavy atom. The van der Waals surface area contributed by atoms with Crippen molar-refractivity contribution in [2.24, 2.45) is 0 Å². The molecule has 1 unspecified atom stereocenters. The van der Waals surface area contributed by atoms with Crippen molar-refractivity contribution in [1.29, 1.82) is 0 Å². The zero-order valence-electron chi connectivity index (χ0n) is 9.93. The van der Waals surface area contributed by atoms with Gasteiger partial charge in [-0.2, -0.15) is 0 Å². The number of benzene rings is 1. The van der Waals surface area contributed by atoms with Crippen molar-refractivity contribution < 1.29 is 0 Å². The van der Waals surface area contributed by atoms with Gasteiger partial charge in [0, 0.05) is 21.4 Å². The summed E-state index contributed by atoms with van der Waals surface area (Å²) in [6.45, 7) is 2.12. The predicted octanol–water partition coefficient (Wildman–Crippen LogP) is 5.66. The lowest BCUT2D eigenvalue weighted by Crippen LogP contribution is -2.10. The summed E-state index contributed by atoms with van der Waals surface area (Å²) < 4.78 is 0. The van der Waals surface area contributed by atoms with Crippen molar-refractivity contribution in [1.82, 2.24) is 5.32 Å². The number of nitrogens with one attached hydrogen (secondary N) is 1. The lowest BCUT2D eigenvalue weighted by atomic mass is 10.2. The van der Waals surface area contributed by atoms with Crippen LogP contribution in [0.2, 0.25) is 15.1 Å². The fourth-order valence-corrected chi connectivity index (χ4v) is 3.39. The van der Waals surface area contributed by atoms with Crippen LogP contribution in [0.25, 0.3) is 10.4 Å². The molecule has 0 saturated carbocycles. The van der Waals surface area contributed by atoms with E-state index in [1.165, 1.54) is 4.88 Å². The first-order valence-electron chi connectivity index (χ1n) is 5.45. The van der Waals surface area contributed by atoms with Crippen molar-refractivity contribution in [3.8, 4) is 10.4 Å². The second kappa shape index (κ2) is 5.81. The molecule has 1 aromatic heterocycles. The second-order valence-electron chi connectivity index (χ2n) is 3.96. The van der Waals surface area contributed by atoms with E-state index in [1.807, 2.05) is 13.1 Å². The molecule has 0 amide bonds. The first-order chi connectivity index (χ1) is 8.52. The van der Waals surface area contributed by atoms with E-state index < -0.39 is 0 Å². The van der Waals surface area contributed by atoms with Crippen LogP contribution in [-0.4, -0.2) is 7.05 Å². The fraction of sp³-hybridized carbons (Fsp3) is 0.231. The van der Waals surface area contributed by atoms with Crippen LogP contribution in [0.4, 0.5) is 0 Å². The molecule has 0 bridgehead atoms. The number of halogens is 3. The van der Waals surface area contributed by atoms with Gasteiger partial charge in [-0.1, -0.05) is 34.8 Å². The normalized spacial score (nSPS) is 12.7. The molecule has 0 aliphatic rings. The van der Waals surface area contributed by atoms with Crippen LogP contribution in [0.3, 0.4) is 0 Å². The highest BCUT2D eigenvalue weighted by Crippen LogP contribution is 2.39. The lowest BCUT2D eigenvalue weighted by Gasteiger charge is -2.07. The van der Waals surface area contributed by atoms with Gasteiger partial charge in [0.15, 0.2) is 0 Å². The minimum Gasteiger partial charge on any atom is -0.313 e. The molecule has 1 heterocycles. The summed E-state index contributed by atoms with van der Waals surface area (Å²) in [5.74, 6) is 0. The highest BCUT2D eigenvalue weighted by Gasteiger charge is 2.12. The summed E-state index contributed by atoms with van der Waals surface area (Å²) in [4.78, 5) is 2.35. The van der Waals surface area contributed by atoms with Crippen LogP contribution in [0.15, 0.2) is 24.3 Å². The zero-order valence-corrected chi connectivity index (χ0v) is 13.0. The van der Waals surface area contributed by atoms with E-state index in [2.05, 4.69) is 24.4 Å². The first kappa shape index (κ1) is 14.2. The maximum absolute atomic E-state index is 6.21. The molecule has 18 heavy (non-hydrogen) atoms. The standard InChI is InChI=1S/C13H12Cl3NS/c1-7(17-2)12-3-4-13(18-12)8-5-10(15)11(16)6-9(8)14/h3-7,17H,1-2H3. The van der Waals surface area contributed by atoms with Gasteiger partial charge in [-0.05, 0) is 38.2 Å². The van der Waals surface area contributed by atoms with E-state index in [0.717, 1.165) is 10.4 Å². The molecule has 0 radical (unpaired) electrons. The summed E-state index contributed by atoms with van der Waals surface area (Å²) in [6.07, 6.45) is 0. The average Bonchev–Trinajstić information content (AvgIpc) is 2.82. The van der Waals surface area contributed by atoms with Crippen molar-refractivity contribution in [3.05, 3.63) is 44.2 Å². The van der Waals surface area contributed by atoms with E-state index in [9.17, 15) is 0 Å². The van der Waals surface area contributed by atoms with Crippen LogP contribution in [0, 0.1) is 0 Å². The van der Waals surface area contributed by atoms with Crippen LogP contribution in [0.5, 0.6) is 0 Å². The Morgan fingerprint density at radius 2 is 1.72 bits per heavy atom. The third-order valence-corrected chi connectivity index (χ3v) is 5.10. The highest BCUT2D eigenvalue weighted by atomic mass is 35.5. The fourth-order valence-electron chi connectivity index (χ4n) is 1.58. The minimum atomic E-state index is 0.324. The minimum absolute atomic E-state index is 0.324.